The minimum absolute atomic E-state index is 0.136. The summed E-state index contributed by atoms with van der Waals surface area (Å²) in [6, 6.07) is 0.0232. The van der Waals surface area contributed by atoms with Crippen molar-refractivity contribution in [3.63, 3.8) is 0 Å². The van der Waals surface area contributed by atoms with Gasteiger partial charge in [-0.25, -0.2) is 4.79 Å². The molecule has 0 radical (unpaired) electrons. The van der Waals surface area contributed by atoms with E-state index in [-0.39, 0.29) is 17.9 Å². The highest BCUT2D eigenvalue weighted by Gasteiger charge is 2.00. The maximum absolute atomic E-state index is 11.1. The lowest BCUT2D eigenvalue weighted by molar-refractivity contribution is 0.238. The maximum atomic E-state index is 11.1. The Morgan fingerprint density at radius 2 is 2.07 bits per heavy atom. The first-order valence-electron chi connectivity index (χ1n) is 4.89. The van der Waals surface area contributed by atoms with Crippen molar-refractivity contribution >= 4 is 11.9 Å². The van der Waals surface area contributed by atoms with Gasteiger partial charge in [0, 0.05) is 19.0 Å². The molecule has 0 aliphatic carbocycles. The molecule has 5 N–H and O–H groups in total. The van der Waals surface area contributed by atoms with Crippen molar-refractivity contribution in [3.05, 3.63) is 0 Å². The molecule has 0 fully saturated rings. The molecule has 0 aromatic rings. The van der Waals surface area contributed by atoms with E-state index in [0.717, 1.165) is 12.8 Å². The molecule has 0 aliphatic heterocycles. The second-order valence-corrected chi connectivity index (χ2v) is 3.54. The van der Waals surface area contributed by atoms with Crippen LogP contribution in [-0.2, 0) is 0 Å². The number of nitrogens with two attached hydrogens (primary N) is 1. The summed E-state index contributed by atoms with van der Waals surface area (Å²) in [5.41, 5.74) is 5.18. The molecule has 0 heterocycles. The standard InChI is InChI=1S/C9H20N4O/c1-7(2)13-9(14)12-6-4-3-5-8(10)11/h7H,3-6H2,1-2H3,(H3,10,11)(H2,12,13,14). The second-order valence-electron chi connectivity index (χ2n) is 3.54. The molecule has 0 aliphatic rings. The number of carbonyl (C=O) groups is 1. The van der Waals surface area contributed by atoms with Gasteiger partial charge in [-0.05, 0) is 26.7 Å². The van der Waals surface area contributed by atoms with Crippen molar-refractivity contribution in [2.75, 3.05) is 6.54 Å². The molecule has 0 unspecified atom stereocenters. The number of rotatable bonds is 6. The number of hydrogen-bond donors (Lipinski definition) is 4. The summed E-state index contributed by atoms with van der Waals surface area (Å²) in [4.78, 5) is 11.1. The smallest absolute Gasteiger partial charge is 0.314 e. The van der Waals surface area contributed by atoms with Gasteiger partial charge in [0.2, 0.25) is 0 Å². The minimum atomic E-state index is -0.136. The Kier molecular flexibility index (Phi) is 6.53. The molecule has 0 bridgehead atoms. The van der Waals surface area contributed by atoms with Crippen LogP contribution in [0.25, 0.3) is 0 Å². The van der Waals surface area contributed by atoms with Gasteiger partial charge in [-0.1, -0.05) is 0 Å². The van der Waals surface area contributed by atoms with Crippen LogP contribution in [0.15, 0.2) is 0 Å². The Morgan fingerprint density at radius 1 is 1.43 bits per heavy atom. The summed E-state index contributed by atoms with van der Waals surface area (Å²) in [5.74, 6) is 0.205. The van der Waals surface area contributed by atoms with Crippen LogP contribution in [0.1, 0.15) is 33.1 Å². The molecule has 0 spiro atoms. The minimum Gasteiger partial charge on any atom is -0.388 e. The average molecular weight is 200 g/mol. The molecule has 0 aromatic heterocycles. The fourth-order valence-corrected chi connectivity index (χ4v) is 0.956. The van der Waals surface area contributed by atoms with Gasteiger partial charge in [-0.15, -0.1) is 0 Å². The van der Waals surface area contributed by atoms with Crippen LogP contribution >= 0.6 is 0 Å². The molecular formula is C9H20N4O. The Morgan fingerprint density at radius 3 is 2.57 bits per heavy atom. The molecule has 0 atom stereocenters. The molecule has 5 nitrogen and oxygen atoms in total. The van der Waals surface area contributed by atoms with Crippen molar-refractivity contribution < 1.29 is 4.79 Å². The van der Waals surface area contributed by atoms with E-state index in [1.807, 2.05) is 13.8 Å². The summed E-state index contributed by atoms with van der Waals surface area (Å²) in [6.45, 7) is 4.45. The largest absolute Gasteiger partial charge is 0.388 e. The summed E-state index contributed by atoms with van der Waals surface area (Å²) in [5, 5.41) is 12.4. The van der Waals surface area contributed by atoms with E-state index in [9.17, 15) is 4.79 Å². The van der Waals surface area contributed by atoms with Crippen LogP contribution < -0.4 is 16.4 Å². The Balaban J connectivity index is 3.27. The lowest BCUT2D eigenvalue weighted by Crippen LogP contribution is -2.39. The zero-order valence-electron chi connectivity index (χ0n) is 8.89. The first kappa shape index (κ1) is 12.7. The number of nitrogens with one attached hydrogen (secondary N) is 3. The van der Waals surface area contributed by atoms with Crippen LogP contribution in [0.5, 0.6) is 0 Å². The highest BCUT2D eigenvalue weighted by atomic mass is 16.2. The third kappa shape index (κ3) is 8.83. The number of urea groups is 1. The van der Waals surface area contributed by atoms with E-state index in [2.05, 4.69) is 10.6 Å². The molecule has 0 rings (SSSR count). The fraction of sp³-hybridized carbons (Fsp3) is 0.778. The van der Waals surface area contributed by atoms with E-state index in [0.29, 0.717) is 13.0 Å². The summed E-state index contributed by atoms with van der Waals surface area (Å²) >= 11 is 0. The fourth-order valence-electron chi connectivity index (χ4n) is 0.956. The van der Waals surface area contributed by atoms with Gasteiger partial charge in [0.1, 0.15) is 0 Å². The van der Waals surface area contributed by atoms with Crippen LogP contribution in [0.3, 0.4) is 0 Å². The molecule has 0 saturated heterocycles. The lowest BCUT2D eigenvalue weighted by atomic mass is 10.2. The van der Waals surface area contributed by atoms with Crippen molar-refractivity contribution in [2.24, 2.45) is 5.73 Å². The third-order valence-electron chi connectivity index (χ3n) is 1.58. The topological polar surface area (TPSA) is 91.0 Å². The number of amides is 2. The van der Waals surface area contributed by atoms with E-state index in [1.54, 1.807) is 0 Å². The van der Waals surface area contributed by atoms with E-state index in [4.69, 9.17) is 11.1 Å². The van der Waals surface area contributed by atoms with Crippen molar-refractivity contribution in [1.82, 2.24) is 10.6 Å². The highest BCUT2D eigenvalue weighted by molar-refractivity contribution is 5.76. The van der Waals surface area contributed by atoms with Gasteiger partial charge < -0.3 is 16.4 Å². The third-order valence-corrected chi connectivity index (χ3v) is 1.58. The maximum Gasteiger partial charge on any atom is 0.314 e. The number of amidine groups is 1. The van der Waals surface area contributed by atoms with Crippen molar-refractivity contribution in [1.29, 1.82) is 5.41 Å². The number of hydrogen-bond acceptors (Lipinski definition) is 2. The van der Waals surface area contributed by atoms with Crippen molar-refractivity contribution in [2.45, 2.75) is 39.2 Å². The quantitative estimate of drug-likeness (QED) is 0.290. The summed E-state index contributed by atoms with van der Waals surface area (Å²) in [6.07, 6.45) is 2.30. The van der Waals surface area contributed by atoms with Crippen LogP contribution in [0.4, 0.5) is 4.79 Å². The molecular weight excluding hydrogens is 180 g/mol. The Labute approximate surface area is 84.9 Å². The van der Waals surface area contributed by atoms with Crippen LogP contribution in [-0.4, -0.2) is 24.5 Å². The monoisotopic (exact) mass is 200 g/mol. The predicted octanol–water partition coefficient (Wildman–Crippen LogP) is 0.800. The normalized spacial score (nSPS) is 9.93. The highest BCUT2D eigenvalue weighted by Crippen LogP contribution is 1.92. The van der Waals surface area contributed by atoms with Gasteiger partial charge in [-0.3, -0.25) is 5.41 Å². The predicted molar refractivity (Wildman–Crippen MR) is 57.4 cm³/mol. The second kappa shape index (κ2) is 7.17. The molecule has 0 aromatic carbocycles. The first-order valence-corrected chi connectivity index (χ1v) is 4.89. The Hall–Kier alpha value is -1.26. The molecule has 5 heteroatoms. The molecule has 82 valence electrons. The first-order chi connectivity index (χ1) is 6.52. The number of carbonyl (C=O) groups excluding carboxylic acids is 1. The van der Waals surface area contributed by atoms with E-state index < -0.39 is 0 Å². The summed E-state index contributed by atoms with van der Waals surface area (Å²) in [7, 11) is 0. The zero-order valence-corrected chi connectivity index (χ0v) is 8.89. The van der Waals surface area contributed by atoms with E-state index >= 15 is 0 Å². The molecule has 0 saturated carbocycles. The summed E-state index contributed by atoms with van der Waals surface area (Å²) < 4.78 is 0. The Bertz CT molecular complexity index is 191. The van der Waals surface area contributed by atoms with Crippen molar-refractivity contribution in [3.8, 4) is 0 Å². The molecule has 2 amide bonds. The SMILES string of the molecule is CC(C)NC(=O)NCCCCC(=N)N. The van der Waals surface area contributed by atoms with Crippen LogP contribution in [0, 0.1) is 5.41 Å². The number of unbranched alkanes of at least 4 members (excludes halogenated alkanes) is 1. The lowest BCUT2D eigenvalue weighted by Gasteiger charge is -2.09. The zero-order chi connectivity index (χ0) is 11.0. The average Bonchev–Trinajstić information content (AvgIpc) is 2.01. The van der Waals surface area contributed by atoms with Gasteiger partial charge in [0.15, 0.2) is 0 Å². The van der Waals surface area contributed by atoms with E-state index in [1.165, 1.54) is 0 Å². The van der Waals surface area contributed by atoms with Gasteiger partial charge in [0.05, 0.1) is 5.84 Å². The molecule has 14 heavy (non-hydrogen) atoms. The van der Waals surface area contributed by atoms with Gasteiger partial charge >= 0.3 is 6.03 Å². The van der Waals surface area contributed by atoms with Gasteiger partial charge in [0.25, 0.3) is 0 Å². The van der Waals surface area contributed by atoms with Gasteiger partial charge in [-0.2, -0.15) is 0 Å². The van der Waals surface area contributed by atoms with Crippen LogP contribution in [0.2, 0.25) is 0 Å².